The lowest BCUT2D eigenvalue weighted by atomic mass is 10.0. The van der Waals surface area contributed by atoms with Gasteiger partial charge in [-0.15, -0.1) is 0 Å². The average molecular weight is 327 g/mol. The van der Waals surface area contributed by atoms with E-state index in [2.05, 4.69) is 49.5 Å². The number of carbonyl (C=O) groups is 1. The third kappa shape index (κ3) is 5.14. The third-order valence-corrected chi connectivity index (χ3v) is 5.00. The third-order valence-electron chi connectivity index (χ3n) is 3.97. The summed E-state index contributed by atoms with van der Waals surface area (Å²) in [6.45, 7) is 8.92. The fraction of sp³-hybridized carbons (Fsp3) is 0.350. The molecular formula is C20H25NOS. The molecular weight excluding hydrogens is 302 g/mol. The van der Waals surface area contributed by atoms with Crippen molar-refractivity contribution in [1.82, 2.24) is 5.32 Å². The highest BCUT2D eigenvalue weighted by atomic mass is 32.2. The van der Waals surface area contributed by atoms with Crippen LogP contribution in [0.4, 0.5) is 0 Å². The van der Waals surface area contributed by atoms with Gasteiger partial charge < -0.3 is 5.32 Å². The first-order valence-electron chi connectivity index (χ1n) is 7.96. The van der Waals surface area contributed by atoms with Crippen molar-refractivity contribution in [3.05, 3.63) is 69.8 Å². The fourth-order valence-electron chi connectivity index (χ4n) is 2.53. The van der Waals surface area contributed by atoms with Crippen molar-refractivity contribution in [2.24, 2.45) is 0 Å². The number of carbonyl (C=O) groups excluding carboxylic acids is 1. The summed E-state index contributed by atoms with van der Waals surface area (Å²) in [4.78, 5) is 12.3. The van der Waals surface area contributed by atoms with Crippen molar-refractivity contribution in [3.8, 4) is 0 Å². The lowest BCUT2D eigenvalue weighted by Gasteiger charge is -2.10. The van der Waals surface area contributed by atoms with Crippen LogP contribution < -0.4 is 5.32 Å². The molecule has 0 aliphatic carbocycles. The molecule has 0 heterocycles. The van der Waals surface area contributed by atoms with E-state index in [1.807, 2.05) is 31.7 Å². The molecule has 0 aliphatic heterocycles. The van der Waals surface area contributed by atoms with Crippen molar-refractivity contribution in [3.63, 3.8) is 0 Å². The Hall–Kier alpha value is -1.74. The van der Waals surface area contributed by atoms with Crippen LogP contribution in [0.5, 0.6) is 0 Å². The van der Waals surface area contributed by atoms with Crippen molar-refractivity contribution >= 4 is 17.7 Å². The predicted octanol–water partition coefficient (Wildman–Crippen LogP) is 4.58. The molecule has 0 fully saturated rings. The van der Waals surface area contributed by atoms with Crippen LogP contribution in [-0.4, -0.2) is 18.2 Å². The molecule has 0 aliphatic rings. The van der Waals surface area contributed by atoms with Gasteiger partial charge in [-0.1, -0.05) is 35.9 Å². The maximum atomic E-state index is 12.3. The van der Waals surface area contributed by atoms with E-state index in [-0.39, 0.29) is 5.91 Å². The largest absolute Gasteiger partial charge is 0.351 e. The zero-order chi connectivity index (χ0) is 16.8. The van der Waals surface area contributed by atoms with Gasteiger partial charge in [0.1, 0.15) is 0 Å². The number of hydrogen-bond donors (Lipinski definition) is 1. The summed E-state index contributed by atoms with van der Waals surface area (Å²) < 4.78 is 0. The maximum Gasteiger partial charge on any atom is 0.251 e. The minimum absolute atomic E-state index is 0.0294. The number of amides is 1. The van der Waals surface area contributed by atoms with Crippen LogP contribution in [0, 0.1) is 27.7 Å². The van der Waals surface area contributed by atoms with Crippen LogP contribution >= 0.6 is 11.8 Å². The van der Waals surface area contributed by atoms with E-state index in [9.17, 15) is 4.79 Å². The number of aryl methyl sites for hydroxylation is 4. The molecule has 23 heavy (non-hydrogen) atoms. The van der Waals surface area contributed by atoms with E-state index < -0.39 is 0 Å². The molecule has 0 radical (unpaired) electrons. The van der Waals surface area contributed by atoms with Crippen LogP contribution in [0.25, 0.3) is 0 Å². The first kappa shape index (κ1) is 17.6. The SMILES string of the molecule is Cc1cccc(CSCCNC(=O)c2cc(C)c(C)cc2C)c1. The van der Waals surface area contributed by atoms with Crippen LogP contribution in [0.2, 0.25) is 0 Å². The quantitative estimate of drug-likeness (QED) is 0.787. The van der Waals surface area contributed by atoms with Crippen molar-refractivity contribution in [1.29, 1.82) is 0 Å². The summed E-state index contributed by atoms with van der Waals surface area (Å²) in [6.07, 6.45) is 0. The van der Waals surface area contributed by atoms with E-state index in [1.54, 1.807) is 0 Å². The summed E-state index contributed by atoms with van der Waals surface area (Å²) in [5.41, 5.74) is 6.85. The van der Waals surface area contributed by atoms with E-state index in [4.69, 9.17) is 0 Å². The monoisotopic (exact) mass is 327 g/mol. The topological polar surface area (TPSA) is 29.1 Å². The summed E-state index contributed by atoms with van der Waals surface area (Å²) in [5, 5.41) is 3.02. The summed E-state index contributed by atoms with van der Waals surface area (Å²) in [6, 6.07) is 12.6. The molecule has 2 aromatic rings. The van der Waals surface area contributed by atoms with E-state index >= 15 is 0 Å². The van der Waals surface area contributed by atoms with Crippen LogP contribution in [0.15, 0.2) is 36.4 Å². The minimum Gasteiger partial charge on any atom is -0.351 e. The second kappa shape index (κ2) is 8.21. The van der Waals surface area contributed by atoms with Gasteiger partial charge in [-0.3, -0.25) is 4.79 Å². The molecule has 1 N–H and O–H groups in total. The number of rotatable bonds is 6. The molecule has 1 amide bonds. The normalized spacial score (nSPS) is 10.6. The zero-order valence-corrected chi connectivity index (χ0v) is 15.2. The van der Waals surface area contributed by atoms with Gasteiger partial charge in [-0.05, 0) is 56.0 Å². The molecule has 0 aromatic heterocycles. The van der Waals surface area contributed by atoms with Crippen molar-refractivity contribution in [2.75, 3.05) is 12.3 Å². The van der Waals surface area contributed by atoms with Gasteiger partial charge in [0.05, 0.1) is 0 Å². The molecule has 2 nitrogen and oxygen atoms in total. The standard InChI is InChI=1S/C20H25NOS/c1-14-6-5-7-18(10-14)13-23-9-8-21-20(22)19-12-16(3)15(2)11-17(19)4/h5-7,10-12H,8-9,13H2,1-4H3,(H,21,22). The number of thioether (sulfide) groups is 1. The van der Waals surface area contributed by atoms with Gasteiger partial charge in [-0.2, -0.15) is 11.8 Å². The number of hydrogen-bond acceptors (Lipinski definition) is 2. The molecule has 122 valence electrons. The summed E-state index contributed by atoms with van der Waals surface area (Å²) in [7, 11) is 0. The average Bonchev–Trinajstić information content (AvgIpc) is 2.50. The molecule has 2 aromatic carbocycles. The highest BCUT2D eigenvalue weighted by Crippen LogP contribution is 2.16. The van der Waals surface area contributed by atoms with E-state index in [1.165, 1.54) is 16.7 Å². The lowest BCUT2D eigenvalue weighted by molar-refractivity contribution is 0.0955. The Bertz CT molecular complexity index is 694. The lowest BCUT2D eigenvalue weighted by Crippen LogP contribution is -2.26. The maximum absolute atomic E-state index is 12.3. The van der Waals surface area contributed by atoms with Gasteiger partial charge in [0.25, 0.3) is 5.91 Å². The van der Waals surface area contributed by atoms with Crippen LogP contribution in [0.3, 0.4) is 0 Å². The first-order chi connectivity index (χ1) is 11.0. The molecule has 3 heteroatoms. The predicted molar refractivity (Wildman–Crippen MR) is 100 cm³/mol. The Morgan fingerprint density at radius 2 is 1.74 bits per heavy atom. The number of benzene rings is 2. The first-order valence-corrected chi connectivity index (χ1v) is 9.12. The Labute approximate surface area is 143 Å². The van der Waals surface area contributed by atoms with Crippen LogP contribution in [-0.2, 0) is 5.75 Å². The molecule has 0 saturated heterocycles. The highest BCUT2D eigenvalue weighted by Gasteiger charge is 2.09. The Balaban J connectivity index is 1.78. The van der Waals surface area contributed by atoms with E-state index in [0.717, 1.165) is 28.2 Å². The number of nitrogens with one attached hydrogen (secondary N) is 1. The Kier molecular flexibility index (Phi) is 6.28. The minimum atomic E-state index is 0.0294. The second-order valence-electron chi connectivity index (χ2n) is 6.05. The van der Waals surface area contributed by atoms with Gasteiger partial charge in [0.15, 0.2) is 0 Å². The molecule has 0 unspecified atom stereocenters. The second-order valence-corrected chi connectivity index (χ2v) is 7.15. The van der Waals surface area contributed by atoms with Crippen LogP contribution in [0.1, 0.15) is 38.2 Å². The molecule has 0 atom stereocenters. The van der Waals surface area contributed by atoms with Crippen molar-refractivity contribution in [2.45, 2.75) is 33.4 Å². The van der Waals surface area contributed by atoms with Gasteiger partial charge in [0.2, 0.25) is 0 Å². The summed E-state index contributed by atoms with van der Waals surface area (Å²) in [5.74, 6) is 1.94. The summed E-state index contributed by atoms with van der Waals surface area (Å²) >= 11 is 1.85. The molecule has 2 rings (SSSR count). The van der Waals surface area contributed by atoms with Gasteiger partial charge in [-0.25, -0.2) is 0 Å². The van der Waals surface area contributed by atoms with E-state index in [0.29, 0.717) is 6.54 Å². The van der Waals surface area contributed by atoms with Crippen molar-refractivity contribution < 1.29 is 4.79 Å². The molecule has 0 bridgehead atoms. The zero-order valence-electron chi connectivity index (χ0n) is 14.4. The fourth-order valence-corrected chi connectivity index (χ4v) is 3.34. The van der Waals surface area contributed by atoms with Gasteiger partial charge in [0, 0.05) is 23.6 Å². The highest BCUT2D eigenvalue weighted by molar-refractivity contribution is 7.98. The Morgan fingerprint density at radius 1 is 1.00 bits per heavy atom. The van der Waals surface area contributed by atoms with Gasteiger partial charge >= 0.3 is 0 Å². The smallest absolute Gasteiger partial charge is 0.251 e. The Morgan fingerprint density at radius 3 is 2.48 bits per heavy atom. The molecule has 0 spiro atoms. The molecule has 0 saturated carbocycles.